The van der Waals surface area contributed by atoms with E-state index in [-0.39, 0.29) is 11.9 Å². The van der Waals surface area contributed by atoms with E-state index in [9.17, 15) is 13.2 Å². The molecule has 0 heterocycles. The van der Waals surface area contributed by atoms with Crippen LogP contribution in [0.5, 0.6) is 0 Å². The molecule has 0 aliphatic heterocycles. The van der Waals surface area contributed by atoms with Crippen LogP contribution in [0.1, 0.15) is 43.7 Å². The first-order valence-electron chi connectivity index (χ1n) is 8.06. The molecular weight excluding hydrogens is 312 g/mol. The lowest BCUT2D eigenvalue weighted by atomic mass is 10.1. The van der Waals surface area contributed by atoms with Gasteiger partial charge in [-0.3, -0.25) is 9.10 Å². The van der Waals surface area contributed by atoms with Gasteiger partial charge in [-0.25, -0.2) is 8.42 Å². The first-order valence-corrected chi connectivity index (χ1v) is 9.91. The molecule has 2 rings (SSSR count). The first kappa shape index (κ1) is 17.8. The lowest BCUT2D eigenvalue weighted by molar-refractivity contribution is -0.122. The molecule has 0 bridgehead atoms. The fourth-order valence-corrected chi connectivity index (χ4v) is 4.44. The molecule has 1 N–H and O–H groups in total. The third kappa shape index (κ3) is 4.47. The van der Waals surface area contributed by atoms with Crippen molar-refractivity contribution < 1.29 is 13.2 Å². The van der Waals surface area contributed by atoms with E-state index in [1.54, 1.807) is 19.1 Å². The molecule has 1 aromatic carbocycles. The summed E-state index contributed by atoms with van der Waals surface area (Å²) in [6.07, 6.45) is 5.32. The highest BCUT2D eigenvalue weighted by Crippen LogP contribution is 2.24. The van der Waals surface area contributed by atoms with Crippen LogP contribution in [0.4, 0.5) is 5.69 Å². The molecular formula is C17H26N2O3S. The molecule has 1 aliphatic rings. The van der Waals surface area contributed by atoms with Crippen molar-refractivity contribution in [2.24, 2.45) is 0 Å². The Hall–Kier alpha value is -1.56. The number of amides is 1. The normalized spacial score (nSPS) is 17.0. The highest BCUT2D eigenvalue weighted by atomic mass is 32.2. The monoisotopic (exact) mass is 338 g/mol. The van der Waals surface area contributed by atoms with Gasteiger partial charge in [0.05, 0.1) is 11.9 Å². The molecule has 0 saturated heterocycles. The molecule has 6 heteroatoms. The zero-order valence-electron chi connectivity index (χ0n) is 14.3. The molecule has 1 amide bonds. The van der Waals surface area contributed by atoms with Crippen molar-refractivity contribution >= 4 is 21.6 Å². The predicted molar refractivity (Wildman–Crippen MR) is 93.1 cm³/mol. The van der Waals surface area contributed by atoms with Crippen molar-refractivity contribution in [3.63, 3.8) is 0 Å². The van der Waals surface area contributed by atoms with Gasteiger partial charge in [0.1, 0.15) is 6.04 Å². The third-order valence-corrected chi connectivity index (χ3v) is 5.49. The molecule has 5 nitrogen and oxygen atoms in total. The fraction of sp³-hybridized carbons (Fsp3) is 0.588. The SMILES string of the molecule is Cc1cc(C)cc(N([C@@H](C)C(=O)NC2CCCC2)S(C)(=O)=O)c1. The smallest absolute Gasteiger partial charge is 0.243 e. The number of carbonyl (C=O) groups excluding carboxylic acids is 1. The Kier molecular flexibility index (Phi) is 5.34. The predicted octanol–water partition coefficient (Wildman–Crippen LogP) is 2.52. The first-order chi connectivity index (χ1) is 10.7. The Balaban J connectivity index is 2.29. The van der Waals surface area contributed by atoms with Gasteiger partial charge in [0.15, 0.2) is 0 Å². The minimum Gasteiger partial charge on any atom is -0.352 e. The lowest BCUT2D eigenvalue weighted by Crippen LogP contribution is -2.50. The average molecular weight is 338 g/mol. The van der Waals surface area contributed by atoms with E-state index in [4.69, 9.17) is 0 Å². The van der Waals surface area contributed by atoms with Crippen molar-refractivity contribution in [2.75, 3.05) is 10.6 Å². The minimum absolute atomic E-state index is 0.172. The summed E-state index contributed by atoms with van der Waals surface area (Å²) in [7, 11) is -3.56. The largest absolute Gasteiger partial charge is 0.352 e. The van der Waals surface area contributed by atoms with Crippen molar-refractivity contribution in [2.45, 2.75) is 58.5 Å². The van der Waals surface area contributed by atoms with Crippen LogP contribution in [0.15, 0.2) is 18.2 Å². The molecule has 0 unspecified atom stereocenters. The van der Waals surface area contributed by atoms with E-state index < -0.39 is 16.1 Å². The van der Waals surface area contributed by atoms with Gasteiger partial charge >= 0.3 is 0 Å². The van der Waals surface area contributed by atoms with Crippen molar-refractivity contribution in [1.82, 2.24) is 5.32 Å². The van der Waals surface area contributed by atoms with Crippen LogP contribution in [0.3, 0.4) is 0 Å². The zero-order chi connectivity index (χ0) is 17.2. The van der Waals surface area contributed by atoms with Crippen LogP contribution in [-0.4, -0.2) is 32.7 Å². The van der Waals surface area contributed by atoms with Gasteiger partial charge in [-0.05, 0) is 56.9 Å². The van der Waals surface area contributed by atoms with Crippen LogP contribution < -0.4 is 9.62 Å². The van der Waals surface area contributed by atoms with E-state index in [1.807, 2.05) is 19.9 Å². The molecule has 1 aliphatic carbocycles. The Morgan fingerprint density at radius 3 is 2.17 bits per heavy atom. The Morgan fingerprint density at radius 2 is 1.70 bits per heavy atom. The summed E-state index contributed by atoms with van der Waals surface area (Å²) in [4.78, 5) is 12.5. The number of aryl methyl sites for hydroxylation is 2. The highest BCUT2D eigenvalue weighted by Gasteiger charge is 2.30. The molecule has 1 atom stereocenters. The lowest BCUT2D eigenvalue weighted by Gasteiger charge is -2.29. The Bertz CT molecular complexity index is 659. The standard InChI is InChI=1S/C17H26N2O3S/c1-12-9-13(2)11-16(10-12)19(23(4,21)22)14(3)17(20)18-15-7-5-6-8-15/h9-11,14-15H,5-8H2,1-4H3,(H,18,20)/t14-/m0/s1. The second kappa shape index (κ2) is 6.91. The van der Waals surface area contributed by atoms with Gasteiger partial charge in [-0.1, -0.05) is 18.9 Å². The number of nitrogens with zero attached hydrogens (tertiary/aromatic N) is 1. The summed E-state index contributed by atoms with van der Waals surface area (Å²) in [6, 6.07) is 4.98. The molecule has 1 saturated carbocycles. The fourth-order valence-electron chi connectivity index (χ4n) is 3.28. The summed E-state index contributed by atoms with van der Waals surface area (Å²) in [6.45, 7) is 5.48. The van der Waals surface area contributed by atoms with Gasteiger partial charge in [-0.2, -0.15) is 0 Å². The number of hydrogen-bond donors (Lipinski definition) is 1. The topological polar surface area (TPSA) is 66.5 Å². The van der Waals surface area contributed by atoms with Gasteiger partial charge in [0.25, 0.3) is 0 Å². The third-order valence-electron chi connectivity index (χ3n) is 4.25. The van der Waals surface area contributed by atoms with E-state index in [2.05, 4.69) is 5.32 Å². The Labute approximate surface area is 139 Å². The highest BCUT2D eigenvalue weighted by molar-refractivity contribution is 7.92. The summed E-state index contributed by atoms with van der Waals surface area (Å²) >= 11 is 0. The van der Waals surface area contributed by atoms with Crippen LogP contribution in [-0.2, 0) is 14.8 Å². The van der Waals surface area contributed by atoms with E-state index in [0.717, 1.165) is 43.1 Å². The molecule has 0 spiro atoms. The number of sulfonamides is 1. The molecule has 1 fully saturated rings. The van der Waals surface area contributed by atoms with E-state index >= 15 is 0 Å². The van der Waals surface area contributed by atoms with Gasteiger partial charge in [0, 0.05) is 6.04 Å². The van der Waals surface area contributed by atoms with E-state index in [0.29, 0.717) is 5.69 Å². The quantitative estimate of drug-likeness (QED) is 0.897. The minimum atomic E-state index is -3.56. The Morgan fingerprint density at radius 1 is 1.17 bits per heavy atom. The van der Waals surface area contributed by atoms with Crippen molar-refractivity contribution in [1.29, 1.82) is 0 Å². The van der Waals surface area contributed by atoms with Crippen molar-refractivity contribution in [3.05, 3.63) is 29.3 Å². The van der Waals surface area contributed by atoms with Gasteiger partial charge in [0.2, 0.25) is 15.9 Å². The number of nitrogens with one attached hydrogen (secondary N) is 1. The molecule has 0 aromatic heterocycles. The molecule has 23 heavy (non-hydrogen) atoms. The number of benzene rings is 1. The summed E-state index contributed by atoms with van der Waals surface area (Å²) < 4.78 is 25.8. The van der Waals surface area contributed by atoms with Crippen LogP contribution in [0.2, 0.25) is 0 Å². The van der Waals surface area contributed by atoms with E-state index in [1.165, 1.54) is 4.31 Å². The molecule has 128 valence electrons. The zero-order valence-corrected chi connectivity index (χ0v) is 15.1. The maximum Gasteiger partial charge on any atom is 0.243 e. The molecule has 0 radical (unpaired) electrons. The van der Waals surface area contributed by atoms with Gasteiger partial charge in [-0.15, -0.1) is 0 Å². The van der Waals surface area contributed by atoms with Gasteiger partial charge < -0.3 is 5.32 Å². The number of carbonyl (C=O) groups is 1. The number of anilines is 1. The second-order valence-corrected chi connectivity index (χ2v) is 8.43. The summed E-state index contributed by atoms with van der Waals surface area (Å²) in [5.41, 5.74) is 2.48. The number of rotatable bonds is 5. The number of hydrogen-bond acceptors (Lipinski definition) is 3. The summed E-state index contributed by atoms with van der Waals surface area (Å²) in [5.74, 6) is -0.235. The van der Waals surface area contributed by atoms with Crippen LogP contribution in [0.25, 0.3) is 0 Å². The van der Waals surface area contributed by atoms with Crippen LogP contribution in [0, 0.1) is 13.8 Å². The second-order valence-electron chi connectivity index (χ2n) is 6.57. The average Bonchev–Trinajstić information content (AvgIpc) is 2.88. The molecule has 1 aromatic rings. The van der Waals surface area contributed by atoms with Crippen molar-refractivity contribution in [3.8, 4) is 0 Å². The van der Waals surface area contributed by atoms with Crippen LogP contribution >= 0.6 is 0 Å². The summed E-state index contributed by atoms with van der Waals surface area (Å²) in [5, 5.41) is 2.99. The maximum absolute atomic E-state index is 12.5. The maximum atomic E-state index is 12.5.